The number of amides is 1. The Morgan fingerprint density at radius 3 is 2.81 bits per heavy atom. The number of para-hydroxylation sites is 1. The van der Waals surface area contributed by atoms with Gasteiger partial charge in [-0.2, -0.15) is 0 Å². The lowest BCUT2D eigenvalue weighted by atomic mass is 9.84. The van der Waals surface area contributed by atoms with Gasteiger partial charge >= 0.3 is 0 Å². The summed E-state index contributed by atoms with van der Waals surface area (Å²) < 4.78 is 0. The van der Waals surface area contributed by atoms with Gasteiger partial charge in [-0.05, 0) is 29.9 Å². The maximum atomic E-state index is 12.5. The van der Waals surface area contributed by atoms with Crippen molar-refractivity contribution in [3.8, 4) is 0 Å². The second-order valence-electron chi connectivity index (χ2n) is 6.88. The highest BCUT2D eigenvalue weighted by Crippen LogP contribution is 2.26. The lowest BCUT2D eigenvalue weighted by Crippen LogP contribution is -2.48. The molecular weight excluding hydrogens is 264 g/mol. The van der Waals surface area contributed by atoms with Crippen LogP contribution in [-0.2, 0) is 11.2 Å². The summed E-state index contributed by atoms with van der Waals surface area (Å²) >= 11 is 0. The van der Waals surface area contributed by atoms with E-state index >= 15 is 0 Å². The van der Waals surface area contributed by atoms with Crippen molar-refractivity contribution in [2.24, 2.45) is 11.3 Å². The largest absolute Gasteiger partial charge is 0.396 e. The van der Waals surface area contributed by atoms with Gasteiger partial charge in [-0.25, -0.2) is 0 Å². The van der Waals surface area contributed by atoms with Gasteiger partial charge in [-0.15, -0.1) is 0 Å². The van der Waals surface area contributed by atoms with Crippen LogP contribution in [0.5, 0.6) is 0 Å². The number of anilines is 1. The second kappa shape index (κ2) is 6.48. The Labute approximate surface area is 126 Å². The fraction of sp³-hybridized carbons (Fsp3) is 0.588. The van der Waals surface area contributed by atoms with E-state index in [2.05, 4.69) is 37.5 Å². The SMILES string of the molecule is CC(C)(C)C(CCO)NC(=O)C1CNc2ccccc2C1. The van der Waals surface area contributed by atoms with Crippen LogP contribution in [0.3, 0.4) is 0 Å². The number of aliphatic hydroxyl groups is 1. The van der Waals surface area contributed by atoms with E-state index in [0.29, 0.717) is 13.0 Å². The predicted octanol–water partition coefficient (Wildman–Crippen LogP) is 2.18. The standard InChI is InChI=1S/C17H26N2O2/c1-17(2,3)15(8-9-20)19-16(21)13-10-12-6-4-5-7-14(12)18-11-13/h4-7,13,15,18,20H,8-11H2,1-3H3,(H,19,21). The molecule has 4 heteroatoms. The summed E-state index contributed by atoms with van der Waals surface area (Å²) in [5.74, 6) is 0.0221. The van der Waals surface area contributed by atoms with Crippen molar-refractivity contribution in [3.05, 3.63) is 29.8 Å². The van der Waals surface area contributed by atoms with Crippen LogP contribution in [0.2, 0.25) is 0 Å². The van der Waals surface area contributed by atoms with E-state index in [1.54, 1.807) is 0 Å². The molecule has 0 radical (unpaired) electrons. The van der Waals surface area contributed by atoms with Crippen molar-refractivity contribution in [2.45, 2.75) is 39.7 Å². The smallest absolute Gasteiger partial charge is 0.225 e. The first kappa shape index (κ1) is 15.8. The zero-order valence-corrected chi connectivity index (χ0v) is 13.1. The van der Waals surface area contributed by atoms with E-state index < -0.39 is 0 Å². The Balaban J connectivity index is 2.01. The van der Waals surface area contributed by atoms with Gasteiger partial charge in [0.25, 0.3) is 0 Å². The van der Waals surface area contributed by atoms with Crippen molar-refractivity contribution in [1.29, 1.82) is 0 Å². The summed E-state index contributed by atoms with van der Waals surface area (Å²) in [5.41, 5.74) is 2.26. The summed E-state index contributed by atoms with van der Waals surface area (Å²) in [4.78, 5) is 12.5. The monoisotopic (exact) mass is 290 g/mol. The highest BCUT2D eigenvalue weighted by Gasteiger charge is 2.30. The van der Waals surface area contributed by atoms with Gasteiger partial charge in [-0.3, -0.25) is 4.79 Å². The first-order valence-electron chi connectivity index (χ1n) is 7.65. The number of benzene rings is 1. The van der Waals surface area contributed by atoms with Crippen molar-refractivity contribution < 1.29 is 9.90 Å². The summed E-state index contributed by atoms with van der Waals surface area (Å²) in [6.07, 6.45) is 1.36. The number of carbonyl (C=O) groups excluding carboxylic acids is 1. The van der Waals surface area contributed by atoms with Crippen LogP contribution in [0.25, 0.3) is 0 Å². The molecule has 21 heavy (non-hydrogen) atoms. The van der Waals surface area contributed by atoms with E-state index in [9.17, 15) is 9.90 Å². The van der Waals surface area contributed by atoms with E-state index in [-0.39, 0.29) is 29.9 Å². The number of hydrogen-bond donors (Lipinski definition) is 3. The molecule has 2 rings (SSSR count). The molecule has 0 bridgehead atoms. The molecule has 0 fully saturated rings. The number of fused-ring (bicyclic) bond motifs is 1. The van der Waals surface area contributed by atoms with E-state index in [0.717, 1.165) is 12.1 Å². The molecule has 0 saturated heterocycles. The quantitative estimate of drug-likeness (QED) is 0.796. The van der Waals surface area contributed by atoms with Gasteiger partial charge in [0.05, 0.1) is 5.92 Å². The summed E-state index contributed by atoms with van der Waals surface area (Å²) in [5, 5.41) is 15.6. The summed E-state index contributed by atoms with van der Waals surface area (Å²) in [6.45, 7) is 7.01. The predicted molar refractivity (Wildman–Crippen MR) is 85.2 cm³/mol. The molecule has 0 saturated carbocycles. The molecule has 3 N–H and O–H groups in total. The minimum Gasteiger partial charge on any atom is -0.396 e. The highest BCUT2D eigenvalue weighted by atomic mass is 16.3. The minimum absolute atomic E-state index is 0.00725. The van der Waals surface area contributed by atoms with Crippen molar-refractivity contribution in [2.75, 3.05) is 18.5 Å². The molecule has 116 valence electrons. The van der Waals surface area contributed by atoms with Crippen molar-refractivity contribution in [1.82, 2.24) is 5.32 Å². The normalized spacial score (nSPS) is 19.3. The van der Waals surface area contributed by atoms with Crippen LogP contribution < -0.4 is 10.6 Å². The van der Waals surface area contributed by atoms with Crippen LogP contribution >= 0.6 is 0 Å². The summed E-state index contributed by atoms with van der Waals surface area (Å²) in [7, 11) is 0. The van der Waals surface area contributed by atoms with Gasteiger partial charge < -0.3 is 15.7 Å². The maximum Gasteiger partial charge on any atom is 0.225 e. The Kier molecular flexibility index (Phi) is 4.88. The molecule has 1 aromatic rings. The Hall–Kier alpha value is -1.55. The Bertz CT molecular complexity index is 494. The molecule has 1 amide bonds. The molecule has 1 aromatic carbocycles. The minimum atomic E-state index is -0.0572. The third-order valence-corrected chi connectivity index (χ3v) is 4.17. The van der Waals surface area contributed by atoms with Gasteiger partial charge in [0.15, 0.2) is 0 Å². The molecule has 1 aliphatic rings. The van der Waals surface area contributed by atoms with Crippen molar-refractivity contribution in [3.63, 3.8) is 0 Å². The zero-order valence-electron chi connectivity index (χ0n) is 13.1. The topological polar surface area (TPSA) is 61.4 Å². The Morgan fingerprint density at radius 2 is 2.14 bits per heavy atom. The molecular formula is C17H26N2O2. The zero-order chi connectivity index (χ0) is 15.5. The van der Waals surface area contributed by atoms with E-state index in [4.69, 9.17) is 0 Å². The highest BCUT2D eigenvalue weighted by molar-refractivity contribution is 5.81. The van der Waals surface area contributed by atoms with Crippen LogP contribution in [0, 0.1) is 11.3 Å². The number of carbonyl (C=O) groups is 1. The fourth-order valence-corrected chi connectivity index (χ4v) is 2.77. The van der Waals surface area contributed by atoms with Gasteiger partial charge in [0, 0.05) is 24.9 Å². The van der Waals surface area contributed by atoms with Crippen LogP contribution in [0.15, 0.2) is 24.3 Å². The average Bonchev–Trinajstić information content (AvgIpc) is 2.45. The lowest BCUT2D eigenvalue weighted by Gasteiger charge is -2.33. The molecule has 2 unspecified atom stereocenters. The molecule has 0 aliphatic carbocycles. The first-order chi connectivity index (χ1) is 9.91. The third kappa shape index (κ3) is 3.97. The number of nitrogens with one attached hydrogen (secondary N) is 2. The molecule has 0 aromatic heterocycles. The third-order valence-electron chi connectivity index (χ3n) is 4.17. The van der Waals surface area contributed by atoms with Gasteiger partial charge in [0.2, 0.25) is 5.91 Å². The number of aliphatic hydroxyl groups excluding tert-OH is 1. The fourth-order valence-electron chi connectivity index (χ4n) is 2.77. The molecule has 1 heterocycles. The lowest BCUT2D eigenvalue weighted by molar-refractivity contribution is -0.126. The molecule has 0 spiro atoms. The van der Waals surface area contributed by atoms with Gasteiger partial charge in [-0.1, -0.05) is 39.0 Å². The maximum absolute atomic E-state index is 12.5. The van der Waals surface area contributed by atoms with Crippen molar-refractivity contribution >= 4 is 11.6 Å². The first-order valence-corrected chi connectivity index (χ1v) is 7.65. The van der Waals surface area contributed by atoms with Crippen LogP contribution in [0.4, 0.5) is 5.69 Å². The molecule has 4 nitrogen and oxygen atoms in total. The molecule has 1 aliphatic heterocycles. The number of hydrogen-bond acceptors (Lipinski definition) is 3. The van der Waals surface area contributed by atoms with Crippen LogP contribution in [0.1, 0.15) is 32.8 Å². The van der Waals surface area contributed by atoms with Gasteiger partial charge in [0.1, 0.15) is 0 Å². The molecule has 2 atom stereocenters. The second-order valence-corrected chi connectivity index (χ2v) is 6.88. The average molecular weight is 290 g/mol. The Morgan fingerprint density at radius 1 is 1.43 bits per heavy atom. The van der Waals surface area contributed by atoms with E-state index in [1.807, 2.05) is 18.2 Å². The summed E-state index contributed by atoms with van der Waals surface area (Å²) in [6, 6.07) is 8.12. The van der Waals surface area contributed by atoms with E-state index in [1.165, 1.54) is 5.56 Å². The van der Waals surface area contributed by atoms with Crippen LogP contribution in [-0.4, -0.2) is 30.2 Å². The number of rotatable bonds is 4.